The molecule has 4 heterocycles. The second kappa shape index (κ2) is 8.92. The average molecular weight is 526 g/mol. The van der Waals surface area contributed by atoms with Gasteiger partial charge in [-0.1, -0.05) is 24.3 Å². The summed E-state index contributed by atoms with van der Waals surface area (Å²) in [5.41, 5.74) is 3.57. The summed E-state index contributed by atoms with van der Waals surface area (Å²) in [6.45, 7) is 0.743. The molecule has 0 fully saturated rings. The number of hydrogen-bond acceptors (Lipinski definition) is 9. The fourth-order valence-corrected chi connectivity index (χ4v) is 5.14. The van der Waals surface area contributed by atoms with Gasteiger partial charge in [0.2, 0.25) is 27.2 Å². The van der Waals surface area contributed by atoms with E-state index >= 15 is 0 Å². The quantitative estimate of drug-likeness (QED) is 0.324. The molecular weight excluding hydrogens is 504 g/mol. The summed E-state index contributed by atoms with van der Waals surface area (Å²) in [5.74, 6) is 5.48. The Morgan fingerprint density at radius 2 is 0.615 bits per heavy atom. The van der Waals surface area contributed by atoms with Crippen LogP contribution in [0.25, 0.3) is 0 Å². The molecule has 0 unspecified atom stereocenters. The smallest absolute Gasteiger partial charge is 0.231 e. The Bertz CT molecular complexity index is 1350. The highest BCUT2D eigenvalue weighted by molar-refractivity contribution is 5.52. The number of ether oxygens (including phenoxy) is 9. The average Bonchev–Trinajstić information content (AvgIpc) is 3.78. The molecule has 4 aliphatic rings. The summed E-state index contributed by atoms with van der Waals surface area (Å²) in [7, 11) is 0. The molecule has 0 bridgehead atoms. The van der Waals surface area contributed by atoms with Crippen LogP contribution in [-0.2, 0) is 4.74 Å². The van der Waals surface area contributed by atoms with Crippen molar-refractivity contribution in [2.24, 2.45) is 0 Å². The molecule has 0 N–H and O–H groups in total. The standard InChI is InChI=1S/C30H22O9/c1-5-21-25(35-13-31-21)9-17(1)29(18-2-6-22-26(10-18)36-14-32-22)39-30(19-3-7-23-27(11-19)37-15-33-23)20-4-8-24-28(12-20)38-16-34-24/h1-12,29-30H,13-16H2. The van der Waals surface area contributed by atoms with Crippen molar-refractivity contribution >= 4 is 0 Å². The summed E-state index contributed by atoms with van der Waals surface area (Å²) in [6, 6.07) is 23.4. The zero-order chi connectivity index (χ0) is 25.8. The molecule has 0 radical (unpaired) electrons. The first-order valence-corrected chi connectivity index (χ1v) is 12.5. The van der Waals surface area contributed by atoms with Crippen LogP contribution in [0.3, 0.4) is 0 Å². The van der Waals surface area contributed by atoms with Crippen LogP contribution in [0.1, 0.15) is 34.5 Å². The van der Waals surface area contributed by atoms with E-state index in [1.165, 1.54) is 0 Å². The molecule has 8 rings (SSSR count). The third-order valence-corrected chi connectivity index (χ3v) is 7.07. The molecule has 9 heteroatoms. The lowest BCUT2D eigenvalue weighted by Crippen LogP contribution is -2.13. The second-order valence-electron chi connectivity index (χ2n) is 9.35. The van der Waals surface area contributed by atoms with Gasteiger partial charge in [-0.3, -0.25) is 0 Å². The third-order valence-electron chi connectivity index (χ3n) is 7.07. The van der Waals surface area contributed by atoms with E-state index in [4.69, 9.17) is 42.6 Å². The van der Waals surface area contributed by atoms with Crippen LogP contribution in [0.4, 0.5) is 0 Å². The van der Waals surface area contributed by atoms with E-state index in [9.17, 15) is 0 Å². The molecule has 4 aromatic rings. The van der Waals surface area contributed by atoms with E-state index in [-0.39, 0.29) is 27.2 Å². The summed E-state index contributed by atoms with van der Waals surface area (Å²) in [6.07, 6.45) is -1.01. The van der Waals surface area contributed by atoms with Crippen LogP contribution in [0.2, 0.25) is 0 Å². The molecule has 4 aromatic carbocycles. The van der Waals surface area contributed by atoms with Crippen molar-refractivity contribution < 1.29 is 42.6 Å². The van der Waals surface area contributed by atoms with Gasteiger partial charge in [0.05, 0.1) is 0 Å². The van der Waals surface area contributed by atoms with E-state index in [0.717, 1.165) is 22.3 Å². The first-order valence-electron chi connectivity index (χ1n) is 12.5. The van der Waals surface area contributed by atoms with Crippen LogP contribution < -0.4 is 37.9 Å². The molecule has 0 saturated heterocycles. The Balaban J connectivity index is 1.25. The predicted octanol–water partition coefficient (Wildman–Crippen LogP) is 5.50. The fourth-order valence-electron chi connectivity index (χ4n) is 5.14. The van der Waals surface area contributed by atoms with E-state index in [1.54, 1.807) is 0 Å². The number of fused-ring (bicyclic) bond motifs is 4. The Hall–Kier alpha value is -4.76. The zero-order valence-electron chi connectivity index (χ0n) is 20.6. The van der Waals surface area contributed by atoms with Crippen molar-refractivity contribution in [3.8, 4) is 46.0 Å². The first-order chi connectivity index (χ1) is 19.3. The maximum Gasteiger partial charge on any atom is 0.231 e. The van der Waals surface area contributed by atoms with Crippen LogP contribution in [0, 0.1) is 0 Å². The second-order valence-corrected chi connectivity index (χ2v) is 9.35. The van der Waals surface area contributed by atoms with Crippen molar-refractivity contribution in [1.29, 1.82) is 0 Å². The molecule has 39 heavy (non-hydrogen) atoms. The van der Waals surface area contributed by atoms with Gasteiger partial charge < -0.3 is 42.6 Å². The molecule has 0 saturated carbocycles. The predicted molar refractivity (Wildman–Crippen MR) is 135 cm³/mol. The Labute approximate surface area is 223 Å². The first kappa shape index (κ1) is 22.2. The van der Waals surface area contributed by atoms with Crippen molar-refractivity contribution in [2.75, 3.05) is 27.2 Å². The molecule has 0 aliphatic carbocycles. The van der Waals surface area contributed by atoms with E-state index in [0.29, 0.717) is 46.0 Å². The van der Waals surface area contributed by atoms with E-state index < -0.39 is 12.2 Å². The van der Waals surface area contributed by atoms with Gasteiger partial charge in [0.15, 0.2) is 46.0 Å². The number of benzene rings is 4. The largest absolute Gasteiger partial charge is 0.454 e. The SMILES string of the molecule is c1cc2c(cc1C(OC(c1ccc3c(c1)OCO3)c1ccc3c(c1)OCO3)c1ccc3c(c1)OCO3)OCO2. The lowest BCUT2D eigenvalue weighted by Gasteiger charge is -2.27. The Morgan fingerprint density at radius 1 is 0.359 bits per heavy atom. The lowest BCUT2D eigenvalue weighted by molar-refractivity contribution is 0.0305. The monoisotopic (exact) mass is 526 g/mol. The molecule has 196 valence electrons. The van der Waals surface area contributed by atoms with Gasteiger partial charge in [0.1, 0.15) is 12.2 Å². The maximum absolute atomic E-state index is 7.05. The highest BCUT2D eigenvalue weighted by atomic mass is 16.7. The molecule has 4 aliphatic heterocycles. The molecule has 0 amide bonds. The van der Waals surface area contributed by atoms with Gasteiger partial charge in [-0.2, -0.15) is 0 Å². The zero-order valence-corrected chi connectivity index (χ0v) is 20.6. The van der Waals surface area contributed by atoms with E-state index in [2.05, 4.69) is 0 Å². The maximum atomic E-state index is 7.05. The fraction of sp³-hybridized carbons (Fsp3) is 0.200. The van der Waals surface area contributed by atoms with Crippen LogP contribution in [-0.4, -0.2) is 27.2 Å². The highest BCUT2D eigenvalue weighted by Gasteiger charge is 2.29. The minimum Gasteiger partial charge on any atom is -0.454 e. The molecular formula is C30H22O9. The van der Waals surface area contributed by atoms with Crippen molar-refractivity contribution in [1.82, 2.24) is 0 Å². The van der Waals surface area contributed by atoms with Gasteiger partial charge in [-0.15, -0.1) is 0 Å². The lowest BCUT2D eigenvalue weighted by atomic mass is 9.97. The van der Waals surface area contributed by atoms with Crippen LogP contribution in [0.5, 0.6) is 46.0 Å². The molecule has 0 atom stereocenters. The van der Waals surface area contributed by atoms with Crippen LogP contribution >= 0.6 is 0 Å². The summed E-state index contributed by atoms with van der Waals surface area (Å²) in [5, 5.41) is 0. The number of hydrogen-bond donors (Lipinski definition) is 0. The highest BCUT2D eigenvalue weighted by Crippen LogP contribution is 2.45. The Kier molecular flexibility index (Phi) is 5.09. The van der Waals surface area contributed by atoms with Crippen molar-refractivity contribution in [2.45, 2.75) is 12.2 Å². The molecule has 0 aromatic heterocycles. The van der Waals surface area contributed by atoms with Crippen molar-refractivity contribution in [3.05, 3.63) is 95.1 Å². The Morgan fingerprint density at radius 3 is 0.897 bits per heavy atom. The van der Waals surface area contributed by atoms with Crippen LogP contribution in [0.15, 0.2) is 72.8 Å². The summed E-state index contributed by atoms with van der Waals surface area (Å²) < 4.78 is 52.0. The van der Waals surface area contributed by atoms with Gasteiger partial charge in [0.25, 0.3) is 0 Å². The van der Waals surface area contributed by atoms with Gasteiger partial charge >= 0.3 is 0 Å². The van der Waals surface area contributed by atoms with Gasteiger partial charge in [0, 0.05) is 0 Å². The third kappa shape index (κ3) is 3.90. The minimum atomic E-state index is -0.505. The van der Waals surface area contributed by atoms with Gasteiger partial charge in [-0.25, -0.2) is 0 Å². The normalized spacial score (nSPS) is 15.4. The molecule has 0 spiro atoms. The topological polar surface area (TPSA) is 83.1 Å². The summed E-state index contributed by atoms with van der Waals surface area (Å²) >= 11 is 0. The van der Waals surface area contributed by atoms with E-state index in [1.807, 2.05) is 72.8 Å². The number of rotatable bonds is 6. The molecule has 9 nitrogen and oxygen atoms in total. The van der Waals surface area contributed by atoms with Crippen molar-refractivity contribution in [3.63, 3.8) is 0 Å². The summed E-state index contributed by atoms with van der Waals surface area (Å²) in [4.78, 5) is 0. The minimum absolute atomic E-state index is 0.186. The van der Waals surface area contributed by atoms with Gasteiger partial charge in [-0.05, 0) is 70.8 Å².